The van der Waals surface area contributed by atoms with E-state index in [-0.39, 0.29) is 37.2 Å². The van der Waals surface area contributed by atoms with Crippen molar-refractivity contribution >= 4 is 0 Å². The van der Waals surface area contributed by atoms with Crippen LogP contribution < -0.4 is 4.74 Å². The molecule has 0 spiro atoms. The maximum absolute atomic E-state index is 13.1. The highest BCUT2D eigenvalue weighted by Crippen LogP contribution is 2.41. The molecule has 0 heterocycles. The van der Waals surface area contributed by atoms with Crippen LogP contribution in [-0.2, 0) is 0 Å². The first-order valence-electron chi connectivity index (χ1n) is 6.58. The van der Waals surface area contributed by atoms with Gasteiger partial charge in [-0.15, -0.1) is 13.2 Å². The fraction of sp³-hybridized carbons (Fsp3) is 0.571. The molecule has 1 aromatic carbocycles. The zero-order valence-corrected chi connectivity index (χ0v) is 11.0. The molecule has 0 saturated heterocycles. The van der Waals surface area contributed by atoms with E-state index in [1.54, 1.807) is 0 Å². The van der Waals surface area contributed by atoms with E-state index in [1.807, 2.05) is 0 Å². The minimum atomic E-state index is -4.81. The van der Waals surface area contributed by atoms with Gasteiger partial charge >= 0.3 is 6.36 Å². The fourth-order valence-electron chi connectivity index (χ4n) is 2.55. The lowest BCUT2D eigenvalue weighted by Gasteiger charge is -2.31. The van der Waals surface area contributed by atoms with E-state index in [4.69, 9.17) is 0 Å². The largest absolute Gasteiger partial charge is 0.573 e. The second-order valence-electron chi connectivity index (χ2n) is 5.26. The predicted octanol–water partition coefficient (Wildman–Crippen LogP) is 4.44. The predicted molar refractivity (Wildman–Crippen MR) is 65.0 cm³/mol. The highest BCUT2D eigenvalue weighted by atomic mass is 19.4. The minimum absolute atomic E-state index is 0.137. The third-order valence-corrected chi connectivity index (χ3v) is 3.64. The summed E-state index contributed by atoms with van der Waals surface area (Å²) in [6, 6.07) is 5.00. The second-order valence-corrected chi connectivity index (χ2v) is 5.26. The van der Waals surface area contributed by atoms with Crippen molar-refractivity contribution in [2.45, 2.75) is 44.1 Å². The van der Waals surface area contributed by atoms with Crippen molar-refractivity contribution in [1.82, 2.24) is 0 Å². The highest BCUT2D eigenvalue weighted by molar-refractivity contribution is 5.30. The molecule has 1 aliphatic rings. The molecule has 1 unspecified atom stereocenters. The quantitative estimate of drug-likeness (QED) is 0.836. The average Bonchev–Trinajstić information content (AvgIpc) is 2.36. The molecule has 0 bridgehead atoms. The smallest absolute Gasteiger partial charge is 0.406 e. The Labute approximate surface area is 118 Å². The molecule has 0 amide bonds. The molecule has 0 radical (unpaired) electrons. The van der Waals surface area contributed by atoms with Gasteiger partial charge in [-0.3, -0.25) is 0 Å². The van der Waals surface area contributed by atoms with Crippen molar-refractivity contribution in [3.63, 3.8) is 0 Å². The summed E-state index contributed by atoms with van der Waals surface area (Å²) in [4.78, 5) is 0. The van der Waals surface area contributed by atoms with Crippen molar-refractivity contribution in [2.75, 3.05) is 0 Å². The summed E-state index contributed by atoms with van der Waals surface area (Å²) in [5.41, 5.74) is 0.243. The number of aliphatic hydroxyl groups is 1. The van der Waals surface area contributed by atoms with E-state index in [1.165, 1.54) is 12.1 Å². The standard InChI is InChI=1S/C14H15F5O2/c15-13(16)6-4-9(5-7-13)12(20)10-2-1-3-11(8-10)21-14(17,18)19/h1-3,8-9,12,20H,4-7H2. The van der Waals surface area contributed by atoms with Crippen LogP contribution in [0.15, 0.2) is 24.3 Å². The topological polar surface area (TPSA) is 29.5 Å². The maximum Gasteiger partial charge on any atom is 0.573 e. The van der Waals surface area contributed by atoms with E-state index in [0.29, 0.717) is 0 Å². The first-order chi connectivity index (χ1) is 9.66. The summed E-state index contributed by atoms with van der Waals surface area (Å²) in [7, 11) is 0. The van der Waals surface area contributed by atoms with Gasteiger partial charge in [0.25, 0.3) is 0 Å². The van der Waals surface area contributed by atoms with Gasteiger partial charge in [0.2, 0.25) is 5.92 Å². The molecule has 21 heavy (non-hydrogen) atoms. The van der Waals surface area contributed by atoms with Crippen molar-refractivity contribution in [3.8, 4) is 5.75 Å². The maximum atomic E-state index is 13.1. The molecule has 1 N–H and O–H groups in total. The molecular formula is C14H15F5O2. The van der Waals surface area contributed by atoms with Crippen LogP contribution in [0, 0.1) is 5.92 Å². The van der Waals surface area contributed by atoms with Gasteiger partial charge in [-0.25, -0.2) is 8.78 Å². The van der Waals surface area contributed by atoms with Crippen molar-refractivity contribution in [2.24, 2.45) is 5.92 Å². The van der Waals surface area contributed by atoms with Gasteiger partial charge < -0.3 is 9.84 Å². The Morgan fingerprint density at radius 1 is 1.19 bits per heavy atom. The number of alkyl halides is 5. The third-order valence-electron chi connectivity index (χ3n) is 3.64. The van der Waals surface area contributed by atoms with Crippen LogP contribution in [-0.4, -0.2) is 17.4 Å². The average molecular weight is 310 g/mol. The summed E-state index contributed by atoms with van der Waals surface area (Å²) >= 11 is 0. The number of ether oxygens (including phenoxy) is 1. The van der Waals surface area contributed by atoms with Crippen LogP contribution in [0.4, 0.5) is 22.0 Å². The van der Waals surface area contributed by atoms with Gasteiger partial charge in [-0.2, -0.15) is 0 Å². The summed E-state index contributed by atoms with van der Waals surface area (Å²) in [5.74, 6) is -3.52. The lowest BCUT2D eigenvalue weighted by Crippen LogP contribution is -2.27. The summed E-state index contributed by atoms with van der Waals surface area (Å²) in [6.07, 6.45) is -6.23. The number of benzene rings is 1. The zero-order valence-electron chi connectivity index (χ0n) is 11.0. The van der Waals surface area contributed by atoms with Crippen LogP contribution in [0.5, 0.6) is 5.75 Å². The van der Waals surface area contributed by atoms with Crippen LogP contribution in [0.25, 0.3) is 0 Å². The van der Waals surface area contributed by atoms with Crippen molar-refractivity contribution in [3.05, 3.63) is 29.8 Å². The van der Waals surface area contributed by atoms with E-state index < -0.39 is 24.1 Å². The van der Waals surface area contributed by atoms with Gasteiger partial charge in [0.1, 0.15) is 5.75 Å². The third kappa shape index (κ3) is 4.56. The molecule has 2 nitrogen and oxygen atoms in total. The van der Waals surface area contributed by atoms with Gasteiger partial charge in [-0.05, 0) is 36.5 Å². The Bertz CT molecular complexity index is 476. The molecular weight excluding hydrogens is 295 g/mol. The normalized spacial score (nSPS) is 21.0. The molecule has 0 aromatic heterocycles. The van der Waals surface area contributed by atoms with Gasteiger partial charge in [-0.1, -0.05) is 12.1 Å². The van der Waals surface area contributed by atoms with Crippen LogP contribution in [0.1, 0.15) is 37.4 Å². The molecule has 1 fully saturated rings. The van der Waals surface area contributed by atoms with E-state index in [2.05, 4.69) is 4.74 Å². The van der Waals surface area contributed by atoms with E-state index in [9.17, 15) is 27.1 Å². The van der Waals surface area contributed by atoms with Crippen molar-refractivity contribution in [1.29, 1.82) is 0 Å². The van der Waals surface area contributed by atoms with E-state index >= 15 is 0 Å². The molecule has 1 atom stereocenters. The van der Waals surface area contributed by atoms with Crippen LogP contribution in [0.3, 0.4) is 0 Å². The summed E-state index contributed by atoms with van der Waals surface area (Å²) in [6.45, 7) is 0. The molecule has 0 aliphatic heterocycles. The summed E-state index contributed by atoms with van der Waals surface area (Å²) < 4.78 is 66.4. The number of rotatable bonds is 3. The molecule has 2 rings (SSSR count). The first-order valence-corrected chi connectivity index (χ1v) is 6.58. The Morgan fingerprint density at radius 2 is 1.81 bits per heavy atom. The molecule has 1 aromatic rings. The van der Waals surface area contributed by atoms with Gasteiger partial charge in [0.15, 0.2) is 0 Å². The molecule has 118 valence electrons. The Balaban J connectivity index is 2.06. The first kappa shape index (κ1) is 16.0. The van der Waals surface area contributed by atoms with Crippen LogP contribution >= 0.6 is 0 Å². The molecule has 1 aliphatic carbocycles. The Kier molecular flexibility index (Phi) is 4.41. The number of aliphatic hydroxyl groups excluding tert-OH is 1. The molecule has 7 heteroatoms. The fourth-order valence-corrected chi connectivity index (χ4v) is 2.55. The number of hydrogen-bond donors (Lipinski definition) is 1. The number of hydrogen-bond acceptors (Lipinski definition) is 2. The Morgan fingerprint density at radius 3 is 2.38 bits per heavy atom. The number of halogens is 5. The Hall–Kier alpha value is -1.37. The van der Waals surface area contributed by atoms with Gasteiger partial charge in [0, 0.05) is 12.8 Å². The second kappa shape index (κ2) is 5.79. The minimum Gasteiger partial charge on any atom is -0.406 e. The van der Waals surface area contributed by atoms with E-state index in [0.717, 1.165) is 12.1 Å². The molecule has 1 saturated carbocycles. The SMILES string of the molecule is OC(c1cccc(OC(F)(F)F)c1)C1CCC(F)(F)CC1. The monoisotopic (exact) mass is 310 g/mol. The summed E-state index contributed by atoms with van der Waals surface area (Å²) in [5, 5.41) is 10.2. The lowest BCUT2D eigenvalue weighted by molar-refractivity contribution is -0.274. The highest BCUT2D eigenvalue weighted by Gasteiger charge is 2.38. The van der Waals surface area contributed by atoms with Crippen LogP contribution in [0.2, 0.25) is 0 Å². The van der Waals surface area contributed by atoms with Crippen molar-refractivity contribution < 1.29 is 31.8 Å². The lowest BCUT2D eigenvalue weighted by atomic mass is 9.81. The van der Waals surface area contributed by atoms with Gasteiger partial charge in [0.05, 0.1) is 6.10 Å². The zero-order chi connectivity index (χ0) is 15.7.